The highest BCUT2D eigenvalue weighted by molar-refractivity contribution is 5.80. The molecular formula is C23H38N4O. The highest BCUT2D eigenvalue weighted by atomic mass is 16.2. The molecule has 1 saturated heterocycles. The normalized spacial score (nSPS) is 16.4. The minimum absolute atomic E-state index is 0.265. The number of rotatable bonds is 8. The molecule has 1 amide bonds. The van der Waals surface area contributed by atoms with Gasteiger partial charge in [0, 0.05) is 32.1 Å². The van der Waals surface area contributed by atoms with E-state index in [4.69, 9.17) is 4.99 Å². The van der Waals surface area contributed by atoms with Crippen LogP contribution >= 0.6 is 0 Å². The van der Waals surface area contributed by atoms with E-state index < -0.39 is 0 Å². The summed E-state index contributed by atoms with van der Waals surface area (Å²) in [4.78, 5) is 18.7. The van der Waals surface area contributed by atoms with E-state index in [2.05, 4.69) is 57.4 Å². The molecule has 1 unspecified atom stereocenters. The molecule has 1 atom stereocenters. The van der Waals surface area contributed by atoms with E-state index in [1.165, 1.54) is 17.5 Å². The predicted octanol–water partition coefficient (Wildman–Crippen LogP) is 4.08. The Kier molecular flexibility index (Phi) is 8.34. The number of hydrogen-bond acceptors (Lipinski definition) is 2. The lowest BCUT2D eigenvalue weighted by molar-refractivity contribution is -0.128. The number of benzene rings is 1. The van der Waals surface area contributed by atoms with Crippen LogP contribution in [0.1, 0.15) is 71.4 Å². The van der Waals surface area contributed by atoms with Crippen LogP contribution in [0.5, 0.6) is 0 Å². The molecular weight excluding hydrogens is 348 g/mol. The first kappa shape index (κ1) is 22.3. The number of likely N-dealkylation sites (tertiary alicyclic amines) is 1. The van der Waals surface area contributed by atoms with E-state index in [1.54, 1.807) is 0 Å². The molecule has 0 spiro atoms. The first-order valence-corrected chi connectivity index (χ1v) is 10.7. The highest BCUT2D eigenvalue weighted by Crippen LogP contribution is 2.21. The number of aliphatic imine (C=N–C) groups is 1. The van der Waals surface area contributed by atoms with Gasteiger partial charge in [-0.05, 0) is 49.7 Å². The van der Waals surface area contributed by atoms with E-state index in [1.807, 2.05) is 17.0 Å². The van der Waals surface area contributed by atoms with Gasteiger partial charge in [0.1, 0.15) is 0 Å². The van der Waals surface area contributed by atoms with E-state index in [-0.39, 0.29) is 5.91 Å². The quantitative estimate of drug-likeness (QED) is 0.523. The lowest BCUT2D eigenvalue weighted by Crippen LogP contribution is -2.42. The summed E-state index contributed by atoms with van der Waals surface area (Å²) in [6.45, 7) is 14.1. The summed E-state index contributed by atoms with van der Waals surface area (Å²) in [6, 6.07) is 8.69. The monoisotopic (exact) mass is 386 g/mol. The molecule has 2 N–H and O–H groups in total. The molecule has 156 valence electrons. The van der Waals surface area contributed by atoms with E-state index in [0.29, 0.717) is 31.0 Å². The minimum atomic E-state index is 0.265. The Labute approximate surface area is 171 Å². The van der Waals surface area contributed by atoms with Gasteiger partial charge in [0.25, 0.3) is 0 Å². The van der Waals surface area contributed by atoms with Crippen LogP contribution in [-0.4, -0.2) is 35.9 Å². The minimum Gasteiger partial charge on any atom is -0.357 e. The predicted molar refractivity (Wildman–Crippen MR) is 117 cm³/mol. The molecule has 1 heterocycles. The van der Waals surface area contributed by atoms with Gasteiger partial charge in [-0.3, -0.25) is 4.79 Å². The summed E-state index contributed by atoms with van der Waals surface area (Å²) < 4.78 is 0. The van der Waals surface area contributed by atoms with E-state index in [9.17, 15) is 4.79 Å². The second-order valence-electron chi connectivity index (χ2n) is 9.03. The number of carbonyl (C=O) groups excluding carboxylic acids is 1. The number of amides is 1. The van der Waals surface area contributed by atoms with Crippen LogP contribution in [0.4, 0.5) is 0 Å². The molecule has 28 heavy (non-hydrogen) atoms. The Morgan fingerprint density at radius 3 is 2.57 bits per heavy atom. The molecule has 0 saturated carbocycles. The Balaban J connectivity index is 2.01. The average Bonchev–Trinajstić information content (AvgIpc) is 3.03. The summed E-state index contributed by atoms with van der Waals surface area (Å²) in [5.74, 6) is 1.12. The molecule has 5 nitrogen and oxygen atoms in total. The Hall–Kier alpha value is -2.04. The zero-order valence-corrected chi connectivity index (χ0v) is 18.3. The third-order valence-electron chi connectivity index (χ3n) is 5.11. The molecule has 1 fully saturated rings. The molecule has 0 radical (unpaired) electrons. The summed E-state index contributed by atoms with van der Waals surface area (Å²) in [6.07, 6.45) is 3.94. The van der Waals surface area contributed by atoms with E-state index in [0.717, 1.165) is 31.9 Å². The molecule has 0 bridgehead atoms. The maximum absolute atomic E-state index is 12.0. The van der Waals surface area contributed by atoms with Crippen LogP contribution in [0, 0.1) is 5.41 Å². The SMILES string of the molecule is CCNC(=NCc1ccccc1CN1CCCC1=O)NC(C)CCC(C)(C)C. The Morgan fingerprint density at radius 2 is 1.96 bits per heavy atom. The summed E-state index contributed by atoms with van der Waals surface area (Å²) >= 11 is 0. The van der Waals surface area contributed by atoms with Crippen molar-refractivity contribution in [2.45, 2.75) is 79.4 Å². The molecule has 2 rings (SSSR count). The zero-order valence-electron chi connectivity index (χ0n) is 18.3. The fourth-order valence-corrected chi connectivity index (χ4v) is 3.38. The Morgan fingerprint density at radius 1 is 1.25 bits per heavy atom. The van der Waals surface area contributed by atoms with Crippen molar-refractivity contribution in [2.75, 3.05) is 13.1 Å². The van der Waals surface area contributed by atoms with Gasteiger partial charge in [-0.15, -0.1) is 0 Å². The van der Waals surface area contributed by atoms with Gasteiger partial charge in [0.2, 0.25) is 5.91 Å². The summed E-state index contributed by atoms with van der Waals surface area (Å²) in [7, 11) is 0. The average molecular weight is 387 g/mol. The lowest BCUT2D eigenvalue weighted by atomic mass is 9.89. The van der Waals surface area contributed by atoms with Crippen LogP contribution in [-0.2, 0) is 17.9 Å². The van der Waals surface area contributed by atoms with Crippen molar-refractivity contribution in [3.8, 4) is 0 Å². The maximum atomic E-state index is 12.0. The molecule has 0 aromatic heterocycles. The summed E-state index contributed by atoms with van der Waals surface area (Å²) in [5, 5.41) is 6.89. The maximum Gasteiger partial charge on any atom is 0.222 e. The lowest BCUT2D eigenvalue weighted by Gasteiger charge is -2.23. The van der Waals surface area contributed by atoms with Crippen molar-refractivity contribution in [3.05, 3.63) is 35.4 Å². The number of hydrogen-bond donors (Lipinski definition) is 2. The second kappa shape index (κ2) is 10.5. The molecule has 1 aliphatic heterocycles. The number of nitrogens with zero attached hydrogens (tertiary/aromatic N) is 2. The third kappa shape index (κ3) is 7.53. The van der Waals surface area contributed by atoms with Gasteiger partial charge in [0.15, 0.2) is 5.96 Å². The standard InChI is InChI=1S/C23H38N4O/c1-6-24-22(26-18(2)13-14-23(3,4)5)25-16-19-10-7-8-11-20(19)17-27-15-9-12-21(27)28/h7-8,10-11,18H,6,9,12-17H2,1-5H3,(H2,24,25,26). The largest absolute Gasteiger partial charge is 0.357 e. The van der Waals surface area contributed by atoms with Crippen LogP contribution in [0.25, 0.3) is 0 Å². The number of carbonyl (C=O) groups is 1. The van der Waals surface area contributed by atoms with Gasteiger partial charge in [-0.1, -0.05) is 45.0 Å². The highest BCUT2D eigenvalue weighted by Gasteiger charge is 2.21. The fraction of sp³-hybridized carbons (Fsp3) is 0.652. The van der Waals surface area contributed by atoms with Crippen molar-refractivity contribution >= 4 is 11.9 Å². The smallest absolute Gasteiger partial charge is 0.222 e. The van der Waals surface area contributed by atoms with Crippen LogP contribution in [0.15, 0.2) is 29.3 Å². The molecule has 1 aliphatic rings. The topological polar surface area (TPSA) is 56.7 Å². The third-order valence-corrected chi connectivity index (χ3v) is 5.11. The molecule has 5 heteroatoms. The zero-order chi connectivity index (χ0) is 20.6. The van der Waals surface area contributed by atoms with Crippen molar-refractivity contribution in [3.63, 3.8) is 0 Å². The van der Waals surface area contributed by atoms with Crippen LogP contribution < -0.4 is 10.6 Å². The fourth-order valence-electron chi connectivity index (χ4n) is 3.38. The van der Waals surface area contributed by atoms with Crippen molar-refractivity contribution in [1.82, 2.24) is 15.5 Å². The van der Waals surface area contributed by atoms with Crippen LogP contribution in [0.2, 0.25) is 0 Å². The first-order chi connectivity index (χ1) is 13.3. The van der Waals surface area contributed by atoms with Crippen LogP contribution in [0.3, 0.4) is 0 Å². The summed E-state index contributed by atoms with van der Waals surface area (Å²) in [5.41, 5.74) is 2.72. The van der Waals surface area contributed by atoms with Gasteiger partial charge in [0.05, 0.1) is 6.54 Å². The first-order valence-electron chi connectivity index (χ1n) is 10.7. The van der Waals surface area contributed by atoms with Crippen molar-refractivity contribution in [1.29, 1.82) is 0 Å². The number of guanidine groups is 1. The van der Waals surface area contributed by atoms with Gasteiger partial charge >= 0.3 is 0 Å². The van der Waals surface area contributed by atoms with Gasteiger partial charge in [-0.25, -0.2) is 4.99 Å². The van der Waals surface area contributed by atoms with Crippen molar-refractivity contribution in [2.24, 2.45) is 10.4 Å². The van der Waals surface area contributed by atoms with Gasteiger partial charge < -0.3 is 15.5 Å². The molecule has 0 aliphatic carbocycles. The van der Waals surface area contributed by atoms with Gasteiger partial charge in [-0.2, -0.15) is 0 Å². The van der Waals surface area contributed by atoms with Crippen molar-refractivity contribution < 1.29 is 4.79 Å². The molecule has 1 aromatic rings. The second-order valence-corrected chi connectivity index (χ2v) is 9.03. The number of nitrogens with one attached hydrogen (secondary N) is 2. The molecule has 1 aromatic carbocycles. The Bertz CT molecular complexity index is 663. The van der Waals surface area contributed by atoms with E-state index >= 15 is 0 Å².